The van der Waals surface area contributed by atoms with E-state index in [0.29, 0.717) is 22.1 Å². The number of carbonyl (C=O) groups is 1. The van der Waals surface area contributed by atoms with Crippen molar-refractivity contribution in [1.29, 1.82) is 5.41 Å². The maximum absolute atomic E-state index is 13.6. The lowest BCUT2D eigenvalue weighted by molar-refractivity contribution is 0.257. The Morgan fingerprint density at radius 1 is 0.722 bits per heavy atom. The third-order valence-electron chi connectivity index (χ3n) is 5.54. The van der Waals surface area contributed by atoms with Crippen molar-refractivity contribution in [3.63, 3.8) is 0 Å². The Labute approximate surface area is 227 Å². The van der Waals surface area contributed by atoms with Crippen LogP contribution in [0.2, 0.25) is 5.02 Å². The predicted molar refractivity (Wildman–Crippen MR) is 155 cm³/mol. The number of carbonyl (C=O) groups excluding carboxylic acids is 1. The number of benzene rings is 4. The van der Waals surface area contributed by atoms with Gasteiger partial charge in [0.2, 0.25) is 5.84 Å². The first-order valence-corrected chi connectivity index (χ1v) is 12.5. The average Bonchev–Trinajstić information content (AvgIpc) is 3.15. The molecule has 1 fully saturated rings. The molecule has 176 valence electrons. The Hall–Kier alpha value is -3.82. The monoisotopic (exact) mass is 603 g/mol. The fourth-order valence-electron chi connectivity index (χ4n) is 3.81. The fraction of sp³-hybridized carbons (Fsp3) is 0. The van der Waals surface area contributed by atoms with Crippen LogP contribution in [-0.2, 0) is 0 Å². The van der Waals surface area contributed by atoms with Gasteiger partial charge in [0.25, 0.3) is 0 Å². The molecule has 1 saturated heterocycles. The summed E-state index contributed by atoms with van der Waals surface area (Å²) in [4.78, 5) is 16.3. The van der Waals surface area contributed by atoms with Crippen LogP contribution in [0.15, 0.2) is 119 Å². The number of urea groups is 1. The van der Waals surface area contributed by atoms with Gasteiger partial charge in [-0.2, -0.15) is 0 Å². The number of hydrogen-bond donors (Lipinski definition) is 1. The highest BCUT2D eigenvalue weighted by Crippen LogP contribution is 2.29. The molecule has 1 heterocycles. The molecule has 0 aromatic heterocycles. The first-order valence-electron chi connectivity index (χ1n) is 11.0. The maximum atomic E-state index is 13.6. The summed E-state index contributed by atoms with van der Waals surface area (Å²) in [6, 6.07) is 33.2. The minimum absolute atomic E-state index is 0.0786. The van der Waals surface area contributed by atoms with Gasteiger partial charge in [0.05, 0.1) is 11.4 Å². The molecular formula is C28H19ClIN5O. The Morgan fingerprint density at radius 3 is 1.78 bits per heavy atom. The van der Waals surface area contributed by atoms with Crippen LogP contribution < -0.4 is 9.80 Å². The number of nitrogens with zero attached hydrogens (tertiary/aromatic N) is 4. The molecule has 1 aliphatic rings. The Morgan fingerprint density at radius 2 is 1.22 bits per heavy atom. The molecule has 0 bridgehead atoms. The number of amides is 2. The number of rotatable bonds is 5. The molecular weight excluding hydrogens is 585 g/mol. The van der Waals surface area contributed by atoms with Crippen molar-refractivity contribution in [3.05, 3.63) is 129 Å². The molecule has 0 spiro atoms. The number of halogens is 2. The molecule has 6 nitrogen and oxygen atoms in total. The SMILES string of the molecule is N=C1/C(=N\N=C(c2ccccc2)c2ccccc2)N(c2ccc(I)cc2)C(=O)N1c1ccc(Cl)cc1. The minimum atomic E-state index is -0.418. The zero-order valence-corrected chi connectivity index (χ0v) is 21.8. The summed E-state index contributed by atoms with van der Waals surface area (Å²) in [6.45, 7) is 0. The van der Waals surface area contributed by atoms with Gasteiger partial charge >= 0.3 is 6.03 Å². The van der Waals surface area contributed by atoms with E-state index in [4.69, 9.17) is 17.0 Å². The zero-order valence-electron chi connectivity index (χ0n) is 18.8. The molecule has 0 atom stereocenters. The topological polar surface area (TPSA) is 72.1 Å². The van der Waals surface area contributed by atoms with Crippen LogP contribution in [0.25, 0.3) is 0 Å². The van der Waals surface area contributed by atoms with Crippen LogP contribution in [0, 0.1) is 8.98 Å². The standard InChI is InChI=1S/C28H19ClIN5O/c29-21-11-15-23(16-12-21)34-26(31)27(35(28(34)36)24-17-13-22(30)14-18-24)33-32-25(19-7-3-1-4-8-19)20-9-5-2-6-10-20/h1-18,31H/b31-26?,33-27+. The highest BCUT2D eigenvalue weighted by molar-refractivity contribution is 14.1. The third kappa shape index (κ3) is 4.80. The summed E-state index contributed by atoms with van der Waals surface area (Å²) in [6.07, 6.45) is 0. The molecule has 5 rings (SSSR count). The minimum Gasteiger partial charge on any atom is -0.281 e. The highest BCUT2D eigenvalue weighted by Gasteiger charge is 2.42. The molecule has 2 amide bonds. The van der Waals surface area contributed by atoms with E-state index in [1.807, 2.05) is 84.9 Å². The normalized spacial score (nSPS) is 14.4. The van der Waals surface area contributed by atoms with Gasteiger partial charge < -0.3 is 0 Å². The van der Waals surface area contributed by atoms with Gasteiger partial charge in [-0.3, -0.25) is 5.41 Å². The van der Waals surface area contributed by atoms with Gasteiger partial charge in [0.15, 0.2) is 5.84 Å². The molecule has 1 N–H and O–H groups in total. The second-order valence-electron chi connectivity index (χ2n) is 7.86. The highest BCUT2D eigenvalue weighted by atomic mass is 127. The van der Waals surface area contributed by atoms with E-state index in [-0.39, 0.29) is 11.7 Å². The lowest BCUT2D eigenvalue weighted by Gasteiger charge is -2.17. The Bertz CT molecular complexity index is 1430. The lowest BCUT2D eigenvalue weighted by Crippen LogP contribution is -2.33. The van der Waals surface area contributed by atoms with Gasteiger partial charge in [-0.05, 0) is 71.1 Å². The van der Waals surface area contributed by atoms with Crippen molar-refractivity contribution in [3.8, 4) is 0 Å². The molecule has 4 aromatic carbocycles. The zero-order chi connectivity index (χ0) is 25.1. The largest absolute Gasteiger partial charge is 0.340 e. The van der Waals surface area contributed by atoms with E-state index in [1.165, 1.54) is 9.80 Å². The molecule has 4 aromatic rings. The molecule has 0 radical (unpaired) electrons. The van der Waals surface area contributed by atoms with Crippen LogP contribution in [-0.4, -0.2) is 23.4 Å². The summed E-state index contributed by atoms with van der Waals surface area (Å²) in [7, 11) is 0. The van der Waals surface area contributed by atoms with Crippen molar-refractivity contribution >= 4 is 69.0 Å². The van der Waals surface area contributed by atoms with Crippen molar-refractivity contribution in [2.24, 2.45) is 10.2 Å². The second-order valence-corrected chi connectivity index (χ2v) is 9.54. The van der Waals surface area contributed by atoms with Gasteiger partial charge in [-0.25, -0.2) is 14.6 Å². The molecule has 36 heavy (non-hydrogen) atoms. The average molecular weight is 604 g/mol. The number of anilines is 2. The van der Waals surface area contributed by atoms with Crippen LogP contribution in [0.4, 0.5) is 16.2 Å². The van der Waals surface area contributed by atoms with Gasteiger partial charge in [-0.1, -0.05) is 72.3 Å². The molecule has 0 saturated carbocycles. The second kappa shape index (κ2) is 10.4. The van der Waals surface area contributed by atoms with Crippen molar-refractivity contribution in [2.75, 3.05) is 9.80 Å². The summed E-state index contributed by atoms with van der Waals surface area (Å²) in [5, 5.41) is 18.5. The molecule has 8 heteroatoms. The number of hydrogen-bond acceptors (Lipinski definition) is 4. The Kier molecular flexibility index (Phi) is 6.92. The van der Waals surface area contributed by atoms with E-state index < -0.39 is 6.03 Å². The quantitative estimate of drug-likeness (QED) is 0.146. The Balaban J connectivity index is 1.65. The lowest BCUT2D eigenvalue weighted by atomic mass is 10.0. The first-order chi connectivity index (χ1) is 17.5. The molecule has 1 aliphatic heterocycles. The van der Waals surface area contributed by atoms with E-state index in [9.17, 15) is 4.79 Å². The summed E-state index contributed by atoms with van der Waals surface area (Å²) >= 11 is 8.26. The summed E-state index contributed by atoms with van der Waals surface area (Å²) in [5.74, 6) is 0.0469. The van der Waals surface area contributed by atoms with Crippen LogP contribution in [0.5, 0.6) is 0 Å². The van der Waals surface area contributed by atoms with Gasteiger partial charge in [0, 0.05) is 19.7 Å². The smallest absolute Gasteiger partial charge is 0.281 e. The van der Waals surface area contributed by atoms with Crippen LogP contribution >= 0.6 is 34.2 Å². The van der Waals surface area contributed by atoms with Crippen molar-refractivity contribution in [1.82, 2.24) is 0 Å². The van der Waals surface area contributed by atoms with Gasteiger partial charge in [0.1, 0.15) is 5.71 Å². The van der Waals surface area contributed by atoms with E-state index >= 15 is 0 Å². The van der Waals surface area contributed by atoms with Crippen molar-refractivity contribution in [2.45, 2.75) is 0 Å². The number of nitrogens with one attached hydrogen (secondary N) is 1. The fourth-order valence-corrected chi connectivity index (χ4v) is 4.29. The van der Waals surface area contributed by atoms with Crippen LogP contribution in [0.3, 0.4) is 0 Å². The summed E-state index contributed by atoms with van der Waals surface area (Å²) < 4.78 is 1.03. The van der Waals surface area contributed by atoms with E-state index in [0.717, 1.165) is 14.7 Å². The third-order valence-corrected chi connectivity index (χ3v) is 6.51. The van der Waals surface area contributed by atoms with Gasteiger partial charge in [-0.15, -0.1) is 10.2 Å². The molecule has 0 unspecified atom stereocenters. The molecule has 0 aliphatic carbocycles. The van der Waals surface area contributed by atoms with Crippen LogP contribution in [0.1, 0.15) is 11.1 Å². The van der Waals surface area contributed by atoms with E-state index in [2.05, 4.69) is 32.8 Å². The maximum Gasteiger partial charge on any atom is 0.340 e. The van der Waals surface area contributed by atoms with Crippen molar-refractivity contribution < 1.29 is 4.79 Å². The number of amidine groups is 2. The predicted octanol–water partition coefficient (Wildman–Crippen LogP) is 7.22. The van der Waals surface area contributed by atoms with E-state index in [1.54, 1.807) is 24.3 Å². The summed E-state index contributed by atoms with van der Waals surface area (Å²) in [5.41, 5.74) is 3.50. The first kappa shape index (κ1) is 23.9.